The Morgan fingerprint density at radius 2 is 2.09 bits per heavy atom. The first-order valence-electron chi connectivity index (χ1n) is 8.83. The van der Waals surface area contributed by atoms with Crippen LogP contribution in [0.1, 0.15) is 62.7 Å². The van der Waals surface area contributed by atoms with E-state index in [1.165, 1.54) is 24.8 Å². The number of hydrogen-bond acceptors (Lipinski definition) is 3. The minimum absolute atomic E-state index is 0.0503. The Morgan fingerprint density at radius 1 is 1.32 bits per heavy atom. The molecule has 2 aliphatic carbocycles. The zero-order chi connectivity index (χ0) is 15.6. The summed E-state index contributed by atoms with van der Waals surface area (Å²) < 4.78 is 5.78. The van der Waals surface area contributed by atoms with E-state index in [1.807, 2.05) is 19.1 Å². The standard InChI is InChI=1S/C19H29NO2/c1-2-22-17-7-3-6-15-16(17)13-19(18(15)21)10-8-14(9-11-19)5-4-12-20/h3,6-7,14,18,21H,2,4-5,8-13,20H2,1H3. The highest BCUT2D eigenvalue weighted by molar-refractivity contribution is 5.46. The van der Waals surface area contributed by atoms with E-state index in [2.05, 4.69) is 6.07 Å². The van der Waals surface area contributed by atoms with Crippen LogP contribution in [-0.4, -0.2) is 18.3 Å². The molecule has 122 valence electrons. The molecule has 0 bridgehead atoms. The number of aliphatic hydroxyl groups is 1. The van der Waals surface area contributed by atoms with Gasteiger partial charge in [0.1, 0.15) is 5.75 Å². The van der Waals surface area contributed by atoms with Crippen LogP contribution in [0.25, 0.3) is 0 Å². The normalized spacial score (nSPS) is 30.5. The molecule has 22 heavy (non-hydrogen) atoms. The molecule has 3 heteroatoms. The van der Waals surface area contributed by atoms with Gasteiger partial charge in [-0.05, 0) is 76.0 Å². The molecule has 2 aliphatic rings. The molecule has 1 aromatic carbocycles. The summed E-state index contributed by atoms with van der Waals surface area (Å²) in [7, 11) is 0. The highest BCUT2D eigenvalue weighted by atomic mass is 16.5. The highest BCUT2D eigenvalue weighted by Crippen LogP contribution is 2.56. The molecule has 3 rings (SSSR count). The third kappa shape index (κ3) is 2.77. The van der Waals surface area contributed by atoms with E-state index in [0.29, 0.717) is 6.61 Å². The van der Waals surface area contributed by atoms with E-state index in [9.17, 15) is 5.11 Å². The van der Waals surface area contributed by atoms with Gasteiger partial charge in [-0.1, -0.05) is 12.1 Å². The number of benzene rings is 1. The van der Waals surface area contributed by atoms with Gasteiger partial charge >= 0.3 is 0 Å². The largest absolute Gasteiger partial charge is 0.494 e. The number of hydrogen-bond donors (Lipinski definition) is 2. The van der Waals surface area contributed by atoms with E-state index in [4.69, 9.17) is 10.5 Å². The van der Waals surface area contributed by atoms with Gasteiger partial charge in [-0.2, -0.15) is 0 Å². The van der Waals surface area contributed by atoms with Gasteiger partial charge in [0.2, 0.25) is 0 Å². The van der Waals surface area contributed by atoms with Gasteiger partial charge in [0.25, 0.3) is 0 Å². The minimum atomic E-state index is -0.321. The van der Waals surface area contributed by atoms with Crippen molar-refractivity contribution in [3.8, 4) is 5.75 Å². The monoisotopic (exact) mass is 303 g/mol. The summed E-state index contributed by atoms with van der Waals surface area (Å²) in [6.07, 6.45) is 7.76. The van der Waals surface area contributed by atoms with Crippen molar-refractivity contribution in [1.82, 2.24) is 0 Å². The average molecular weight is 303 g/mol. The van der Waals surface area contributed by atoms with Crippen LogP contribution in [0.15, 0.2) is 18.2 Å². The minimum Gasteiger partial charge on any atom is -0.494 e. The molecule has 1 spiro atoms. The fraction of sp³-hybridized carbons (Fsp3) is 0.684. The Bertz CT molecular complexity index is 506. The quantitative estimate of drug-likeness (QED) is 0.874. The lowest BCUT2D eigenvalue weighted by Gasteiger charge is -2.40. The molecule has 1 fully saturated rings. The van der Waals surface area contributed by atoms with Crippen LogP contribution < -0.4 is 10.5 Å². The smallest absolute Gasteiger partial charge is 0.122 e. The molecule has 0 aromatic heterocycles. The molecule has 0 radical (unpaired) electrons. The van der Waals surface area contributed by atoms with Crippen molar-refractivity contribution in [2.24, 2.45) is 17.1 Å². The van der Waals surface area contributed by atoms with Gasteiger partial charge in [-0.25, -0.2) is 0 Å². The van der Waals surface area contributed by atoms with Gasteiger partial charge in [-0.3, -0.25) is 0 Å². The molecule has 1 unspecified atom stereocenters. The fourth-order valence-corrected chi connectivity index (χ4v) is 4.50. The second-order valence-electron chi connectivity index (χ2n) is 7.07. The molecule has 0 amide bonds. The Labute approximate surface area is 133 Å². The van der Waals surface area contributed by atoms with Crippen LogP contribution in [0.2, 0.25) is 0 Å². The zero-order valence-corrected chi connectivity index (χ0v) is 13.7. The van der Waals surface area contributed by atoms with Crippen LogP contribution in [0.3, 0.4) is 0 Å². The molecular weight excluding hydrogens is 274 g/mol. The third-order valence-corrected chi connectivity index (χ3v) is 5.79. The van der Waals surface area contributed by atoms with E-state index in [0.717, 1.165) is 49.5 Å². The molecule has 0 aliphatic heterocycles. The summed E-state index contributed by atoms with van der Waals surface area (Å²) in [4.78, 5) is 0. The molecule has 0 saturated heterocycles. The Kier molecular flexibility index (Phi) is 4.74. The van der Waals surface area contributed by atoms with Crippen molar-refractivity contribution in [3.05, 3.63) is 29.3 Å². The molecule has 1 saturated carbocycles. The van der Waals surface area contributed by atoms with Gasteiger partial charge < -0.3 is 15.6 Å². The summed E-state index contributed by atoms with van der Waals surface area (Å²) in [5.74, 6) is 1.78. The molecule has 1 atom stereocenters. The Morgan fingerprint density at radius 3 is 2.77 bits per heavy atom. The van der Waals surface area contributed by atoms with Crippen LogP contribution in [-0.2, 0) is 6.42 Å². The molecule has 1 aromatic rings. The van der Waals surface area contributed by atoms with Crippen molar-refractivity contribution in [3.63, 3.8) is 0 Å². The first kappa shape index (κ1) is 15.8. The number of aliphatic hydroxyl groups excluding tert-OH is 1. The van der Waals surface area contributed by atoms with Crippen molar-refractivity contribution in [2.45, 2.75) is 58.0 Å². The van der Waals surface area contributed by atoms with Crippen molar-refractivity contribution < 1.29 is 9.84 Å². The lowest BCUT2D eigenvalue weighted by atomic mass is 9.67. The Hall–Kier alpha value is -1.06. The van der Waals surface area contributed by atoms with E-state index < -0.39 is 0 Å². The van der Waals surface area contributed by atoms with E-state index in [1.54, 1.807) is 0 Å². The van der Waals surface area contributed by atoms with Crippen molar-refractivity contribution in [2.75, 3.05) is 13.2 Å². The van der Waals surface area contributed by atoms with Crippen LogP contribution >= 0.6 is 0 Å². The molecular formula is C19H29NO2. The Balaban J connectivity index is 1.74. The van der Waals surface area contributed by atoms with E-state index in [-0.39, 0.29) is 11.5 Å². The predicted octanol–water partition coefficient (Wildman–Crippen LogP) is 3.59. The van der Waals surface area contributed by atoms with Gasteiger partial charge in [-0.15, -0.1) is 0 Å². The molecule has 3 nitrogen and oxygen atoms in total. The SMILES string of the molecule is CCOc1cccc2c1CC1(CCC(CCCN)CC1)C2O. The maximum atomic E-state index is 10.9. The van der Waals surface area contributed by atoms with Gasteiger partial charge in [0, 0.05) is 11.0 Å². The number of fused-ring (bicyclic) bond motifs is 1. The second kappa shape index (κ2) is 6.59. The second-order valence-corrected chi connectivity index (χ2v) is 7.07. The van der Waals surface area contributed by atoms with Crippen LogP contribution in [0, 0.1) is 11.3 Å². The van der Waals surface area contributed by atoms with Crippen LogP contribution in [0.4, 0.5) is 0 Å². The fourth-order valence-electron chi connectivity index (χ4n) is 4.50. The molecule has 0 heterocycles. The first-order chi connectivity index (χ1) is 10.7. The molecule has 3 N–H and O–H groups in total. The number of nitrogens with two attached hydrogens (primary N) is 1. The predicted molar refractivity (Wildman–Crippen MR) is 89.0 cm³/mol. The lowest BCUT2D eigenvalue weighted by Crippen LogP contribution is -2.31. The third-order valence-electron chi connectivity index (χ3n) is 5.79. The topological polar surface area (TPSA) is 55.5 Å². The lowest BCUT2D eigenvalue weighted by molar-refractivity contribution is -0.00256. The summed E-state index contributed by atoms with van der Waals surface area (Å²) in [6, 6.07) is 6.14. The number of ether oxygens (including phenoxy) is 1. The zero-order valence-electron chi connectivity index (χ0n) is 13.7. The van der Waals surface area contributed by atoms with Crippen molar-refractivity contribution in [1.29, 1.82) is 0 Å². The number of rotatable bonds is 5. The summed E-state index contributed by atoms with van der Waals surface area (Å²) >= 11 is 0. The van der Waals surface area contributed by atoms with Gasteiger partial charge in [0.05, 0.1) is 12.7 Å². The maximum Gasteiger partial charge on any atom is 0.122 e. The van der Waals surface area contributed by atoms with E-state index >= 15 is 0 Å². The highest BCUT2D eigenvalue weighted by Gasteiger charge is 2.47. The van der Waals surface area contributed by atoms with Crippen molar-refractivity contribution >= 4 is 0 Å². The summed E-state index contributed by atoms with van der Waals surface area (Å²) in [6.45, 7) is 3.50. The summed E-state index contributed by atoms with van der Waals surface area (Å²) in [5, 5.41) is 10.9. The van der Waals surface area contributed by atoms with Gasteiger partial charge in [0.15, 0.2) is 0 Å². The maximum absolute atomic E-state index is 10.9. The first-order valence-corrected chi connectivity index (χ1v) is 8.83. The van der Waals surface area contributed by atoms with Crippen LogP contribution in [0.5, 0.6) is 5.75 Å². The average Bonchev–Trinajstić information content (AvgIpc) is 2.81. The summed E-state index contributed by atoms with van der Waals surface area (Å²) in [5.41, 5.74) is 8.03.